The number of ether oxygens (including phenoxy) is 1. The first-order chi connectivity index (χ1) is 10.4. The number of fused-ring (bicyclic) bond motifs is 1. The van der Waals surface area contributed by atoms with E-state index in [1.807, 2.05) is 0 Å². The van der Waals surface area contributed by atoms with Gasteiger partial charge in [-0.1, -0.05) is 31.2 Å². The van der Waals surface area contributed by atoms with Gasteiger partial charge in [0.05, 0.1) is 6.61 Å². The minimum absolute atomic E-state index is 0.582. The summed E-state index contributed by atoms with van der Waals surface area (Å²) >= 11 is 0. The molecule has 2 heterocycles. The monoisotopic (exact) mass is 288 g/mol. The molecule has 0 amide bonds. The Balaban J connectivity index is 1.59. The molecule has 3 heteroatoms. The maximum atomic E-state index is 5.59. The Hall–Kier alpha value is -0.900. The average molecular weight is 288 g/mol. The van der Waals surface area contributed by atoms with E-state index in [0.29, 0.717) is 12.0 Å². The van der Waals surface area contributed by atoms with Crippen LogP contribution in [0, 0.1) is 5.92 Å². The first-order valence-corrected chi connectivity index (χ1v) is 8.47. The molecule has 2 aliphatic heterocycles. The van der Waals surface area contributed by atoms with Crippen LogP contribution >= 0.6 is 0 Å². The van der Waals surface area contributed by atoms with Crippen molar-refractivity contribution in [2.45, 2.75) is 32.2 Å². The van der Waals surface area contributed by atoms with Gasteiger partial charge >= 0.3 is 0 Å². The van der Waals surface area contributed by atoms with Gasteiger partial charge in [-0.15, -0.1) is 0 Å². The largest absolute Gasteiger partial charge is 0.381 e. The lowest BCUT2D eigenvalue weighted by atomic mass is 9.98. The average Bonchev–Trinajstić information content (AvgIpc) is 2.97. The molecule has 3 nitrogen and oxygen atoms in total. The summed E-state index contributed by atoms with van der Waals surface area (Å²) in [5.41, 5.74) is 3.09. The highest BCUT2D eigenvalue weighted by Gasteiger charge is 2.27. The summed E-state index contributed by atoms with van der Waals surface area (Å²) in [6.45, 7) is 8.68. The number of benzene rings is 1. The summed E-state index contributed by atoms with van der Waals surface area (Å²) in [5, 5.41) is 3.69. The minimum atomic E-state index is 0.582. The van der Waals surface area contributed by atoms with Crippen molar-refractivity contribution in [2.75, 3.05) is 39.4 Å². The van der Waals surface area contributed by atoms with E-state index in [2.05, 4.69) is 41.4 Å². The fourth-order valence-corrected chi connectivity index (χ4v) is 3.69. The summed E-state index contributed by atoms with van der Waals surface area (Å²) in [7, 11) is 0. The number of hydrogen-bond acceptors (Lipinski definition) is 3. The third kappa shape index (κ3) is 3.85. The molecule has 1 saturated heterocycles. The standard InChI is InChI=1S/C18H28N2O/c1-2-19-18(17-9-12-21-14-17)13-20-10-7-15-5-3-4-6-16(15)8-11-20/h3-6,17-19H,2,7-14H2,1H3. The van der Waals surface area contributed by atoms with Crippen LogP contribution < -0.4 is 5.32 Å². The van der Waals surface area contributed by atoms with Gasteiger partial charge in [0.1, 0.15) is 0 Å². The maximum Gasteiger partial charge on any atom is 0.0510 e. The third-order valence-electron chi connectivity index (χ3n) is 4.97. The van der Waals surface area contributed by atoms with Crippen molar-refractivity contribution in [1.82, 2.24) is 10.2 Å². The predicted octanol–water partition coefficient (Wildman–Crippen LogP) is 2.10. The molecule has 21 heavy (non-hydrogen) atoms. The fraction of sp³-hybridized carbons (Fsp3) is 0.667. The highest BCUT2D eigenvalue weighted by atomic mass is 16.5. The van der Waals surface area contributed by atoms with E-state index in [1.54, 1.807) is 11.1 Å². The third-order valence-corrected chi connectivity index (χ3v) is 4.97. The molecule has 0 radical (unpaired) electrons. The van der Waals surface area contributed by atoms with Crippen LogP contribution in [0.15, 0.2) is 24.3 Å². The molecule has 3 rings (SSSR count). The summed E-state index contributed by atoms with van der Waals surface area (Å²) in [5.74, 6) is 0.690. The molecule has 0 spiro atoms. The summed E-state index contributed by atoms with van der Waals surface area (Å²) < 4.78 is 5.59. The van der Waals surface area contributed by atoms with E-state index < -0.39 is 0 Å². The van der Waals surface area contributed by atoms with Crippen LogP contribution in [0.4, 0.5) is 0 Å². The van der Waals surface area contributed by atoms with Gasteiger partial charge in [-0.05, 0) is 36.9 Å². The molecule has 2 atom stereocenters. The van der Waals surface area contributed by atoms with Crippen LogP contribution in [0.1, 0.15) is 24.5 Å². The fourth-order valence-electron chi connectivity index (χ4n) is 3.69. The van der Waals surface area contributed by atoms with Crippen molar-refractivity contribution < 1.29 is 4.74 Å². The zero-order valence-corrected chi connectivity index (χ0v) is 13.2. The number of nitrogens with one attached hydrogen (secondary N) is 1. The Bertz CT molecular complexity index is 416. The molecule has 1 aromatic rings. The molecule has 1 N–H and O–H groups in total. The molecule has 0 bridgehead atoms. The van der Waals surface area contributed by atoms with Crippen LogP contribution in [0.5, 0.6) is 0 Å². The molecule has 0 saturated carbocycles. The quantitative estimate of drug-likeness (QED) is 0.898. The summed E-state index contributed by atoms with van der Waals surface area (Å²) in [4.78, 5) is 2.64. The zero-order chi connectivity index (χ0) is 14.5. The van der Waals surface area contributed by atoms with Crippen LogP contribution in [-0.4, -0.2) is 50.3 Å². The molecule has 2 aliphatic rings. The lowest BCUT2D eigenvalue weighted by molar-refractivity contribution is 0.162. The Kier molecular flexibility index (Phi) is 5.28. The smallest absolute Gasteiger partial charge is 0.0510 e. The molecule has 0 aliphatic carbocycles. The molecule has 2 unspecified atom stereocenters. The molecule has 0 aromatic heterocycles. The lowest BCUT2D eigenvalue weighted by Gasteiger charge is -2.30. The van der Waals surface area contributed by atoms with Gasteiger partial charge < -0.3 is 15.0 Å². The second-order valence-corrected chi connectivity index (χ2v) is 6.36. The van der Waals surface area contributed by atoms with Gasteiger partial charge in [0.15, 0.2) is 0 Å². The topological polar surface area (TPSA) is 24.5 Å². The first kappa shape index (κ1) is 15.0. The Morgan fingerprint density at radius 1 is 1.24 bits per heavy atom. The van der Waals surface area contributed by atoms with Crippen molar-refractivity contribution >= 4 is 0 Å². The van der Waals surface area contributed by atoms with Gasteiger partial charge in [-0.3, -0.25) is 0 Å². The Morgan fingerprint density at radius 2 is 1.95 bits per heavy atom. The van der Waals surface area contributed by atoms with E-state index in [1.165, 1.54) is 32.4 Å². The second-order valence-electron chi connectivity index (χ2n) is 6.36. The van der Waals surface area contributed by atoms with Crippen LogP contribution in [0.25, 0.3) is 0 Å². The first-order valence-electron chi connectivity index (χ1n) is 8.47. The molecule has 116 valence electrons. The van der Waals surface area contributed by atoms with Crippen molar-refractivity contribution in [3.8, 4) is 0 Å². The Morgan fingerprint density at radius 3 is 2.52 bits per heavy atom. The van der Waals surface area contributed by atoms with E-state index in [9.17, 15) is 0 Å². The van der Waals surface area contributed by atoms with Crippen molar-refractivity contribution in [1.29, 1.82) is 0 Å². The lowest BCUT2D eigenvalue weighted by Crippen LogP contribution is -2.46. The van der Waals surface area contributed by atoms with Crippen LogP contribution in [0.3, 0.4) is 0 Å². The SMILES string of the molecule is CCNC(CN1CCc2ccccc2CC1)C1CCOC1. The van der Waals surface area contributed by atoms with E-state index in [0.717, 1.165) is 26.3 Å². The predicted molar refractivity (Wildman–Crippen MR) is 86.7 cm³/mol. The number of rotatable bonds is 5. The number of likely N-dealkylation sites (N-methyl/N-ethyl adjacent to an activating group) is 1. The van der Waals surface area contributed by atoms with E-state index in [-0.39, 0.29) is 0 Å². The second kappa shape index (κ2) is 7.39. The maximum absolute atomic E-state index is 5.59. The number of hydrogen-bond donors (Lipinski definition) is 1. The summed E-state index contributed by atoms with van der Waals surface area (Å²) in [6, 6.07) is 9.52. The van der Waals surface area contributed by atoms with Crippen molar-refractivity contribution in [3.63, 3.8) is 0 Å². The normalized spacial score (nSPS) is 24.5. The summed E-state index contributed by atoms with van der Waals surface area (Å²) in [6.07, 6.45) is 3.60. The van der Waals surface area contributed by atoms with Gasteiger partial charge in [0.2, 0.25) is 0 Å². The van der Waals surface area contributed by atoms with Crippen LogP contribution in [0.2, 0.25) is 0 Å². The highest BCUT2D eigenvalue weighted by molar-refractivity contribution is 5.28. The van der Waals surface area contributed by atoms with Gasteiger partial charge in [-0.25, -0.2) is 0 Å². The zero-order valence-electron chi connectivity index (χ0n) is 13.2. The van der Waals surface area contributed by atoms with Crippen molar-refractivity contribution in [3.05, 3.63) is 35.4 Å². The highest BCUT2D eigenvalue weighted by Crippen LogP contribution is 2.20. The van der Waals surface area contributed by atoms with Gasteiger partial charge in [0.25, 0.3) is 0 Å². The molecular weight excluding hydrogens is 260 g/mol. The van der Waals surface area contributed by atoms with Gasteiger partial charge in [0, 0.05) is 38.2 Å². The minimum Gasteiger partial charge on any atom is -0.381 e. The van der Waals surface area contributed by atoms with Crippen molar-refractivity contribution in [2.24, 2.45) is 5.92 Å². The van der Waals surface area contributed by atoms with E-state index in [4.69, 9.17) is 4.74 Å². The van der Waals surface area contributed by atoms with Crippen LogP contribution in [-0.2, 0) is 17.6 Å². The number of nitrogens with zero attached hydrogens (tertiary/aromatic N) is 1. The Labute approximate surface area is 128 Å². The van der Waals surface area contributed by atoms with Gasteiger partial charge in [-0.2, -0.15) is 0 Å². The van der Waals surface area contributed by atoms with E-state index >= 15 is 0 Å². The molecular formula is C18H28N2O. The molecule has 1 fully saturated rings. The molecule has 1 aromatic carbocycles.